The van der Waals surface area contributed by atoms with E-state index >= 15 is 0 Å². The maximum Gasteiger partial charge on any atom is 0.340 e. The highest BCUT2D eigenvalue weighted by Gasteiger charge is 2.16. The highest BCUT2D eigenvalue weighted by Crippen LogP contribution is 2.30. The zero-order valence-corrected chi connectivity index (χ0v) is 11.9. The fraction of sp³-hybridized carbons (Fsp3) is 0.250. The minimum Gasteiger partial charge on any atom is -0.481 e. The van der Waals surface area contributed by atoms with Gasteiger partial charge in [0.15, 0.2) is 0 Å². The molecule has 0 bridgehead atoms. The average Bonchev–Trinajstić information content (AvgIpc) is 2.68. The van der Waals surface area contributed by atoms with Gasteiger partial charge >= 0.3 is 11.6 Å². The second kappa shape index (κ2) is 4.48. The number of hydrogen-bond donors (Lipinski definition) is 1. The monoisotopic (exact) mass is 286 g/mol. The van der Waals surface area contributed by atoms with E-state index in [4.69, 9.17) is 13.9 Å². The van der Waals surface area contributed by atoms with E-state index in [0.29, 0.717) is 16.7 Å². The van der Waals surface area contributed by atoms with Gasteiger partial charge in [0.25, 0.3) is 0 Å². The predicted molar refractivity (Wildman–Crippen MR) is 77.8 cm³/mol. The molecule has 0 fully saturated rings. The second-order valence-corrected chi connectivity index (χ2v) is 5.19. The fourth-order valence-electron chi connectivity index (χ4n) is 2.58. The SMILES string of the molecule is Cc1oc2cc3oc(=O)c(CC(=O)O)c(C)c3cc2c1C. The van der Waals surface area contributed by atoms with E-state index in [1.54, 1.807) is 13.0 Å². The van der Waals surface area contributed by atoms with Crippen LogP contribution in [0.3, 0.4) is 0 Å². The topological polar surface area (TPSA) is 80.7 Å². The van der Waals surface area contributed by atoms with E-state index < -0.39 is 11.6 Å². The van der Waals surface area contributed by atoms with Gasteiger partial charge in [-0.25, -0.2) is 4.79 Å². The molecule has 0 aliphatic carbocycles. The molecule has 1 aromatic carbocycles. The lowest BCUT2D eigenvalue weighted by atomic mass is 10.0. The predicted octanol–water partition coefficient (Wildman–Crippen LogP) is 3.09. The number of carboxylic acid groups (broad SMARTS) is 1. The quantitative estimate of drug-likeness (QED) is 0.732. The Labute approximate surface area is 119 Å². The summed E-state index contributed by atoms with van der Waals surface area (Å²) in [6, 6.07) is 3.57. The standard InChI is InChI=1S/C16H14O5/c1-7-9(3)20-13-6-14-11(4-10(7)13)8(2)12(5-15(17)18)16(19)21-14/h4,6H,5H2,1-3H3,(H,17,18). The van der Waals surface area contributed by atoms with Gasteiger partial charge < -0.3 is 13.9 Å². The van der Waals surface area contributed by atoms with Gasteiger partial charge in [-0.15, -0.1) is 0 Å². The Bertz CT molecular complexity index is 943. The summed E-state index contributed by atoms with van der Waals surface area (Å²) in [7, 11) is 0. The molecular weight excluding hydrogens is 272 g/mol. The van der Waals surface area contributed by atoms with Gasteiger partial charge in [0.05, 0.1) is 12.0 Å². The molecular formula is C16H14O5. The van der Waals surface area contributed by atoms with Crippen LogP contribution in [0.2, 0.25) is 0 Å². The molecule has 5 nitrogen and oxygen atoms in total. The van der Waals surface area contributed by atoms with Crippen LogP contribution in [0, 0.1) is 20.8 Å². The Morgan fingerprint density at radius 2 is 1.67 bits per heavy atom. The van der Waals surface area contributed by atoms with Gasteiger partial charge in [-0.2, -0.15) is 0 Å². The van der Waals surface area contributed by atoms with E-state index in [2.05, 4.69) is 0 Å². The first-order valence-electron chi connectivity index (χ1n) is 6.56. The second-order valence-electron chi connectivity index (χ2n) is 5.19. The maximum absolute atomic E-state index is 11.9. The summed E-state index contributed by atoms with van der Waals surface area (Å²) in [4.78, 5) is 22.8. The van der Waals surface area contributed by atoms with Crippen LogP contribution >= 0.6 is 0 Å². The maximum atomic E-state index is 11.9. The molecule has 3 aromatic rings. The van der Waals surface area contributed by atoms with Crippen molar-refractivity contribution in [2.75, 3.05) is 0 Å². The minimum absolute atomic E-state index is 0.187. The number of furan rings is 1. The van der Waals surface area contributed by atoms with Crippen molar-refractivity contribution < 1.29 is 18.7 Å². The van der Waals surface area contributed by atoms with Crippen molar-refractivity contribution in [3.63, 3.8) is 0 Å². The summed E-state index contributed by atoms with van der Waals surface area (Å²) >= 11 is 0. The van der Waals surface area contributed by atoms with Crippen LogP contribution in [0.4, 0.5) is 0 Å². The van der Waals surface area contributed by atoms with Crippen molar-refractivity contribution in [1.82, 2.24) is 0 Å². The Balaban J connectivity index is 2.41. The van der Waals surface area contributed by atoms with Gasteiger partial charge in [0.1, 0.15) is 16.9 Å². The van der Waals surface area contributed by atoms with E-state index in [1.165, 1.54) is 0 Å². The zero-order valence-electron chi connectivity index (χ0n) is 11.9. The summed E-state index contributed by atoms with van der Waals surface area (Å²) in [5.74, 6) is -0.243. The normalized spacial score (nSPS) is 11.4. The van der Waals surface area contributed by atoms with Crippen molar-refractivity contribution in [2.45, 2.75) is 27.2 Å². The molecule has 0 spiro atoms. The Morgan fingerprint density at radius 1 is 1.05 bits per heavy atom. The molecule has 2 heterocycles. The summed E-state index contributed by atoms with van der Waals surface area (Å²) < 4.78 is 10.9. The molecule has 5 heteroatoms. The molecule has 21 heavy (non-hydrogen) atoms. The third-order valence-electron chi connectivity index (χ3n) is 3.91. The number of carboxylic acids is 1. The first-order valence-corrected chi connectivity index (χ1v) is 6.56. The summed E-state index contributed by atoms with van der Waals surface area (Å²) in [5.41, 5.74) is 2.31. The minimum atomic E-state index is -1.05. The summed E-state index contributed by atoms with van der Waals surface area (Å²) in [5, 5.41) is 10.6. The molecule has 0 aliphatic heterocycles. The average molecular weight is 286 g/mol. The first-order chi connectivity index (χ1) is 9.88. The molecule has 0 radical (unpaired) electrons. The van der Waals surface area contributed by atoms with Crippen molar-refractivity contribution >= 4 is 27.9 Å². The highest BCUT2D eigenvalue weighted by molar-refractivity contribution is 5.97. The molecule has 0 saturated heterocycles. The third-order valence-corrected chi connectivity index (χ3v) is 3.91. The Hall–Kier alpha value is -2.56. The lowest BCUT2D eigenvalue weighted by molar-refractivity contribution is -0.136. The highest BCUT2D eigenvalue weighted by atomic mass is 16.4. The van der Waals surface area contributed by atoms with Crippen LogP contribution in [0.1, 0.15) is 22.5 Å². The zero-order chi connectivity index (χ0) is 15.3. The van der Waals surface area contributed by atoms with Crippen LogP contribution in [0.15, 0.2) is 25.8 Å². The number of rotatable bonds is 2. The lowest BCUT2D eigenvalue weighted by Crippen LogP contribution is -2.14. The van der Waals surface area contributed by atoms with Gasteiger partial charge in [0.2, 0.25) is 0 Å². The largest absolute Gasteiger partial charge is 0.481 e. The van der Waals surface area contributed by atoms with Crippen LogP contribution in [0.25, 0.3) is 21.9 Å². The molecule has 0 unspecified atom stereocenters. The van der Waals surface area contributed by atoms with Crippen LogP contribution in [-0.4, -0.2) is 11.1 Å². The number of benzene rings is 1. The number of hydrogen-bond acceptors (Lipinski definition) is 4. The molecule has 0 atom stereocenters. The molecule has 2 aromatic heterocycles. The van der Waals surface area contributed by atoms with Crippen LogP contribution < -0.4 is 5.63 Å². The van der Waals surface area contributed by atoms with Gasteiger partial charge in [0, 0.05) is 16.8 Å². The van der Waals surface area contributed by atoms with Crippen LogP contribution in [0.5, 0.6) is 0 Å². The molecule has 0 aliphatic rings. The van der Waals surface area contributed by atoms with Crippen molar-refractivity contribution in [3.8, 4) is 0 Å². The summed E-state index contributed by atoms with van der Waals surface area (Å²) in [6.07, 6.45) is -0.342. The number of aliphatic carboxylic acids is 1. The number of fused-ring (bicyclic) bond motifs is 2. The molecule has 0 amide bonds. The van der Waals surface area contributed by atoms with Crippen molar-refractivity contribution in [3.05, 3.63) is 45.0 Å². The van der Waals surface area contributed by atoms with Crippen molar-refractivity contribution in [2.24, 2.45) is 0 Å². The fourth-order valence-corrected chi connectivity index (χ4v) is 2.58. The van der Waals surface area contributed by atoms with Crippen molar-refractivity contribution in [1.29, 1.82) is 0 Å². The molecule has 3 rings (SSSR count). The first kappa shape index (κ1) is 13.4. The number of aryl methyl sites for hydroxylation is 3. The van der Waals surface area contributed by atoms with Crippen LogP contribution in [-0.2, 0) is 11.2 Å². The summed E-state index contributed by atoms with van der Waals surface area (Å²) in [6.45, 7) is 5.57. The van der Waals surface area contributed by atoms with E-state index in [0.717, 1.165) is 22.1 Å². The smallest absolute Gasteiger partial charge is 0.340 e. The van der Waals surface area contributed by atoms with E-state index in [1.807, 2.05) is 19.9 Å². The van der Waals surface area contributed by atoms with E-state index in [9.17, 15) is 9.59 Å². The third kappa shape index (κ3) is 2.01. The number of carbonyl (C=O) groups is 1. The Morgan fingerprint density at radius 3 is 2.33 bits per heavy atom. The van der Waals surface area contributed by atoms with Gasteiger partial charge in [-0.1, -0.05) is 0 Å². The molecule has 0 saturated carbocycles. The van der Waals surface area contributed by atoms with Gasteiger partial charge in [-0.3, -0.25) is 4.79 Å². The van der Waals surface area contributed by atoms with E-state index in [-0.39, 0.29) is 12.0 Å². The lowest BCUT2D eigenvalue weighted by Gasteiger charge is -2.06. The Kier molecular flexibility index (Phi) is 2.86. The molecule has 1 N–H and O–H groups in total. The van der Waals surface area contributed by atoms with Gasteiger partial charge in [-0.05, 0) is 38.0 Å². The molecule has 108 valence electrons.